The fraction of sp³-hybridized carbons (Fsp3) is 0.435. The monoisotopic (exact) mass is 412 g/mol. The molecule has 4 rings (SSSR count). The quantitative estimate of drug-likeness (QED) is 0.417. The number of ether oxygens (including phenoxy) is 4. The molecule has 1 aliphatic heterocycles. The van der Waals surface area contributed by atoms with Crippen molar-refractivity contribution in [2.75, 3.05) is 21.3 Å². The summed E-state index contributed by atoms with van der Waals surface area (Å²) in [7, 11) is 3.74. The summed E-state index contributed by atoms with van der Waals surface area (Å²) in [4.78, 5) is 38.8. The van der Waals surface area contributed by atoms with Gasteiger partial charge in [-0.2, -0.15) is 0 Å². The third kappa shape index (κ3) is 2.91. The van der Waals surface area contributed by atoms with E-state index in [4.69, 9.17) is 18.9 Å². The van der Waals surface area contributed by atoms with Gasteiger partial charge in [0.05, 0.1) is 21.3 Å². The molecule has 0 radical (unpaired) electrons. The van der Waals surface area contributed by atoms with E-state index in [-0.39, 0.29) is 18.8 Å². The number of methoxy groups -OCH3 is 3. The highest BCUT2D eigenvalue weighted by Gasteiger charge is 2.66. The molecule has 0 saturated heterocycles. The lowest BCUT2D eigenvalue weighted by molar-refractivity contribution is -0.169. The molecule has 1 unspecified atom stereocenters. The van der Waals surface area contributed by atoms with Crippen molar-refractivity contribution in [3.63, 3.8) is 0 Å². The van der Waals surface area contributed by atoms with Crippen LogP contribution in [0.5, 0.6) is 0 Å². The first-order chi connectivity index (χ1) is 14.4. The molecule has 0 aromatic heterocycles. The second-order valence-electron chi connectivity index (χ2n) is 7.98. The number of hydrogen-bond acceptors (Lipinski definition) is 7. The van der Waals surface area contributed by atoms with Crippen LogP contribution in [0.15, 0.2) is 47.7 Å². The van der Waals surface area contributed by atoms with E-state index in [1.54, 1.807) is 6.08 Å². The number of allylic oxidation sites excluding steroid dienone is 1. The third-order valence-electron chi connectivity index (χ3n) is 6.20. The smallest absolute Gasteiger partial charge is 0.323 e. The van der Waals surface area contributed by atoms with E-state index in [2.05, 4.69) is 0 Å². The van der Waals surface area contributed by atoms with Crippen molar-refractivity contribution in [2.24, 2.45) is 16.7 Å². The van der Waals surface area contributed by atoms with Crippen LogP contribution < -0.4 is 0 Å². The zero-order valence-electron chi connectivity index (χ0n) is 17.2. The van der Waals surface area contributed by atoms with Crippen molar-refractivity contribution in [2.45, 2.75) is 25.7 Å². The maximum absolute atomic E-state index is 13.2. The number of rotatable bonds is 5. The molecule has 1 aromatic rings. The first-order valence-corrected chi connectivity index (χ1v) is 9.87. The molecule has 158 valence electrons. The highest BCUT2D eigenvalue weighted by Crippen LogP contribution is 2.61. The maximum atomic E-state index is 13.2. The predicted molar refractivity (Wildman–Crippen MR) is 105 cm³/mol. The van der Waals surface area contributed by atoms with E-state index in [1.807, 2.05) is 30.3 Å². The predicted octanol–water partition coefficient (Wildman–Crippen LogP) is 3.01. The van der Waals surface area contributed by atoms with Gasteiger partial charge in [0, 0.05) is 17.9 Å². The lowest BCUT2D eigenvalue weighted by atomic mass is 9.76. The summed E-state index contributed by atoms with van der Waals surface area (Å²) in [5.41, 5.74) is -1.54. The lowest BCUT2D eigenvalue weighted by Gasteiger charge is -2.32. The molecule has 0 spiro atoms. The number of esters is 3. The molecule has 7 heteroatoms. The van der Waals surface area contributed by atoms with Crippen molar-refractivity contribution in [3.05, 3.63) is 53.3 Å². The minimum absolute atomic E-state index is 0.00809. The Balaban J connectivity index is 1.94. The van der Waals surface area contributed by atoms with Gasteiger partial charge >= 0.3 is 17.9 Å². The Morgan fingerprint density at radius 3 is 2.07 bits per heavy atom. The summed E-state index contributed by atoms with van der Waals surface area (Å²) >= 11 is 0. The van der Waals surface area contributed by atoms with Crippen molar-refractivity contribution < 1.29 is 33.3 Å². The minimum Gasteiger partial charge on any atom is -0.468 e. The van der Waals surface area contributed by atoms with Crippen LogP contribution in [0.1, 0.15) is 31.2 Å². The van der Waals surface area contributed by atoms with E-state index >= 15 is 0 Å². The molecule has 30 heavy (non-hydrogen) atoms. The second-order valence-corrected chi connectivity index (χ2v) is 7.98. The zero-order valence-corrected chi connectivity index (χ0v) is 17.2. The van der Waals surface area contributed by atoms with Gasteiger partial charge in [0.25, 0.3) is 0 Å². The Bertz CT molecular complexity index is 939. The van der Waals surface area contributed by atoms with Crippen molar-refractivity contribution in [1.29, 1.82) is 0 Å². The molecule has 0 amide bonds. The van der Waals surface area contributed by atoms with Gasteiger partial charge in [-0.25, -0.2) is 0 Å². The van der Waals surface area contributed by atoms with Crippen LogP contribution in [0.4, 0.5) is 0 Å². The largest absolute Gasteiger partial charge is 0.468 e. The number of fused-ring (bicyclic) bond motifs is 1. The molecular weight excluding hydrogens is 388 g/mol. The summed E-state index contributed by atoms with van der Waals surface area (Å²) in [6, 6.07) is 9.41. The topological polar surface area (TPSA) is 88.1 Å². The molecule has 2 fully saturated rings. The van der Waals surface area contributed by atoms with E-state index in [1.165, 1.54) is 21.3 Å². The number of benzene rings is 1. The van der Waals surface area contributed by atoms with E-state index in [0.29, 0.717) is 17.1 Å². The molecule has 2 saturated carbocycles. The number of carbonyl (C=O) groups excluding carboxylic acids is 3. The van der Waals surface area contributed by atoms with Gasteiger partial charge in [-0.15, -0.1) is 0 Å². The molecule has 1 atom stereocenters. The molecular formula is C23H24O7. The fourth-order valence-electron chi connectivity index (χ4n) is 4.60. The average Bonchev–Trinajstić information content (AvgIpc) is 3.57. The van der Waals surface area contributed by atoms with Crippen molar-refractivity contribution in [3.8, 4) is 0 Å². The lowest BCUT2D eigenvalue weighted by Crippen LogP contribution is -2.41. The SMILES string of the molecule is COC(=O)C12C=C(c3ccccc3)OC(C3CC3)=C1CC(C(=O)OC)(C(=O)OC)C2. The Morgan fingerprint density at radius 2 is 1.53 bits per heavy atom. The fourth-order valence-corrected chi connectivity index (χ4v) is 4.60. The summed E-state index contributed by atoms with van der Waals surface area (Å²) in [6.45, 7) is 0. The van der Waals surface area contributed by atoms with Gasteiger partial charge in [0.2, 0.25) is 0 Å². The normalized spacial score (nSPS) is 24.3. The van der Waals surface area contributed by atoms with Gasteiger partial charge in [-0.3, -0.25) is 14.4 Å². The Kier molecular flexibility index (Phi) is 4.92. The van der Waals surface area contributed by atoms with Crippen LogP contribution in [0.25, 0.3) is 5.76 Å². The minimum atomic E-state index is -1.64. The molecule has 7 nitrogen and oxygen atoms in total. The third-order valence-corrected chi connectivity index (χ3v) is 6.20. The van der Waals surface area contributed by atoms with E-state index < -0.39 is 28.7 Å². The molecule has 2 aliphatic carbocycles. The average molecular weight is 412 g/mol. The highest BCUT2D eigenvalue weighted by molar-refractivity contribution is 6.04. The summed E-state index contributed by atoms with van der Waals surface area (Å²) in [5.74, 6) is -0.702. The van der Waals surface area contributed by atoms with Crippen LogP contribution in [0, 0.1) is 16.7 Å². The maximum Gasteiger partial charge on any atom is 0.323 e. The van der Waals surface area contributed by atoms with Crippen molar-refractivity contribution >= 4 is 23.7 Å². The highest BCUT2D eigenvalue weighted by atomic mass is 16.5. The van der Waals surface area contributed by atoms with Crippen LogP contribution in [-0.4, -0.2) is 39.2 Å². The first-order valence-electron chi connectivity index (χ1n) is 9.87. The van der Waals surface area contributed by atoms with Gasteiger partial charge in [-0.05, 0) is 30.9 Å². The van der Waals surface area contributed by atoms with E-state index in [9.17, 15) is 14.4 Å². The second kappa shape index (κ2) is 7.31. The number of hydrogen-bond donors (Lipinski definition) is 0. The summed E-state index contributed by atoms with van der Waals surface area (Å²) < 4.78 is 21.4. The Labute approximate surface area is 174 Å². The van der Waals surface area contributed by atoms with Gasteiger partial charge in [0.1, 0.15) is 16.9 Å². The first kappa shape index (κ1) is 20.2. The van der Waals surface area contributed by atoms with Crippen LogP contribution in [0.3, 0.4) is 0 Å². The van der Waals surface area contributed by atoms with Crippen LogP contribution in [0.2, 0.25) is 0 Å². The van der Waals surface area contributed by atoms with Crippen molar-refractivity contribution in [1.82, 2.24) is 0 Å². The molecule has 0 N–H and O–H groups in total. The number of carbonyl (C=O) groups is 3. The summed E-state index contributed by atoms with van der Waals surface area (Å²) in [5, 5.41) is 0. The van der Waals surface area contributed by atoms with E-state index in [0.717, 1.165) is 18.4 Å². The molecule has 1 heterocycles. The van der Waals surface area contributed by atoms with Crippen LogP contribution >= 0.6 is 0 Å². The van der Waals surface area contributed by atoms with Crippen LogP contribution in [-0.2, 0) is 33.3 Å². The zero-order chi connectivity index (χ0) is 21.5. The molecule has 3 aliphatic rings. The van der Waals surface area contributed by atoms with Gasteiger partial charge in [-0.1, -0.05) is 30.3 Å². The molecule has 0 bridgehead atoms. The summed E-state index contributed by atoms with van der Waals surface area (Å²) in [6.07, 6.45) is 3.38. The van der Waals surface area contributed by atoms with Gasteiger partial charge in [0.15, 0.2) is 5.41 Å². The molecule has 1 aromatic carbocycles. The standard InChI is InChI=1S/C23H24O7/c1-27-19(24)22-12-17(14-7-5-4-6-8-14)30-18(15-9-10-15)16(22)11-23(13-22,20(25)28-2)21(26)29-3/h4-8,12,15H,9-11,13H2,1-3H3. The Morgan fingerprint density at radius 1 is 0.933 bits per heavy atom. The Hall–Kier alpha value is -3.09. The van der Waals surface area contributed by atoms with Gasteiger partial charge < -0.3 is 18.9 Å².